The van der Waals surface area contributed by atoms with E-state index in [1.807, 2.05) is 0 Å². The molecular weight excluding hydrogens is 246 g/mol. The van der Waals surface area contributed by atoms with Gasteiger partial charge in [-0.2, -0.15) is 0 Å². The first-order chi connectivity index (χ1) is 8.45. The van der Waals surface area contributed by atoms with Gasteiger partial charge in [-0.25, -0.2) is 0 Å². The molecule has 0 aliphatic rings. The van der Waals surface area contributed by atoms with E-state index < -0.39 is 11.4 Å². The zero-order chi connectivity index (χ0) is 13.6. The van der Waals surface area contributed by atoms with Crippen LogP contribution in [0.3, 0.4) is 0 Å². The number of benzene rings is 1. The van der Waals surface area contributed by atoms with Gasteiger partial charge in [0.05, 0.1) is 5.41 Å². The summed E-state index contributed by atoms with van der Waals surface area (Å²) in [7, 11) is 0. The second-order valence-electron chi connectivity index (χ2n) is 4.90. The first-order valence-electron chi connectivity index (χ1n) is 6.11. The van der Waals surface area contributed by atoms with Gasteiger partial charge >= 0.3 is 5.97 Å². The number of carboxylic acids is 1. The van der Waals surface area contributed by atoms with Gasteiger partial charge < -0.3 is 10.4 Å². The fourth-order valence-corrected chi connectivity index (χ4v) is 2.28. The van der Waals surface area contributed by atoms with Crippen molar-refractivity contribution in [3.8, 4) is 0 Å². The molecule has 4 heteroatoms. The molecule has 0 bridgehead atoms. The minimum Gasteiger partial charge on any atom is -0.481 e. The lowest BCUT2D eigenvalue weighted by Crippen LogP contribution is -2.26. The number of rotatable bonds is 7. The number of hydrogen-bond donors (Lipinski definition) is 2. The Morgan fingerprint density at radius 1 is 1.33 bits per heavy atom. The van der Waals surface area contributed by atoms with Crippen molar-refractivity contribution in [3.05, 3.63) is 29.8 Å². The largest absolute Gasteiger partial charge is 0.481 e. The maximum absolute atomic E-state index is 11.0. The van der Waals surface area contributed by atoms with Gasteiger partial charge in [-0.05, 0) is 38.1 Å². The quantitative estimate of drug-likeness (QED) is 0.746. The highest BCUT2D eigenvalue weighted by Crippen LogP contribution is 2.27. The number of aliphatic carboxylic acids is 1. The second-order valence-corrected chi connectivity index (χ2v) is 5.95. The average molecular weight is 267 g/mol. The Hall–Kier alpha value is -1.00. The monoisotopic (exact) mass is 267 g/mol. The van der Waals surface area contributed by atoms with E-state index in [4.69, 9.17) is 5.11 Å². The van der Waals surface area contributed by atoms with Gasteiger partial charge in [0.25, 0.3) is 0 Å². The van der Waals surface area contributed by atoms with Gasteiger partial charge in [0.1, 0.15) is 0 Å². The Labute approximate surface area is 113 Å². The molecule has 0 saturated heterocycles. The Morgan fingerprint density at radius 2 is 1.94 bits per heavy atom. The van der Waals surface area contributed by atoms with Crippen molar-refractivity contribution in [1.29, 1.82) is 0 Å². The van der Waals surface area contributed by atoms with Crippen molar-refractivity contribution in [2.24, 2.45) is 5.41 Å². The molecule has 1 rings (SSSR count). The zero-order valence-corrected chi connectivity index (χ0v) is 12.0. The molecular formula is C14H21NO2S. The van der Waals surface area contributed by atoms with Crippen molar-refractivity contribution in [2.75, 3.05) is 12.3 Å². The maximum Gasteiger partial charge on any atom is 0.309 e. The molecule has 0 aliphatic carbocycles. The second kappa shape index (κ2) is 6.81. The van der Waals surface area contributed by atoms with Crippen LogP contribution in [0.15, 0.2) is 29.2 Å². The van der Waals surface area contributed by atoms with Crippen molar-refractivity contribution >= 4 is 17.7 Å². The summed E-state index contributed by atoms with van der Waals surface area (Å²) in [5.74, 6) is -0.173. The van der Waals surface area contributed by atoms with Crippen molar-refractivity contribution in [1.82, 2.24) is 5.32 Å². The SMILES string of the molecule is CCNCc1ccc(SCC(C)(C)C(=O)O)cc1. The molecule has 0 fully saturated rings. The summed E-state index contributed by atoms with van der Waals surface area (Å²) in [4.78, 5) is 12.1. The van der Waals surface area contributed by atoms with Crippen LogP contribution in [-0.4, -0.2) is 23.4 Å². The van der Waals surface area contributed by atoms with Crippen LogP contribution >= 0.6 is 11.8 Å². The molecule has 0 unspecified atom stereocenters. The summed E-state index contributed by atoms with van der Waals surface area (Å²) in [5.41, 5.74) is 0.561. The lowest BCUT2D eigenvalue weighted by atomic mass is 9.97. The zero-order valence-electron chi connectivity index (χ0n) is 11.2. The first-order valence-corrected chi connectivity index (χ1v) is 7.10. The Balaban J connectivity index is 2.51. The summed E-state index contributed by atoms with van der Waals surface area (Å²) in [5, 5.41) is 12.3. The van der Waals surface area contributed by atoms with Crippen LogP contribution in [0.5, 0.6) is 0 Å². The van der Waals surface area contributed by atoms with Crippen LogP contribution < -0.4 is 5.32 Å². The summed E-state index contributed by atoms with van der Waals surface area (Å²) in [6.45, 7) is 7.42. The van der Waals surface area contributed by atoms with Crippen LogP contribution in [0.4, 0.5) is 0 Å². The van der Waals surface area contributed by atoms with E-state index in [0.29, 0.717) is 5.75 Å². The lowest BCUT2D eigenvalue weighted by Gasteiger charge is -2.18. The summed E-state index contributed by atoms with van der Waals surface area (Å²) in [6.07, 6.45) is 0. The van der Waals surface area contributed by atoms with E-state index in [0.717, 1.165) is 18.0 Å². The third kappa shape index (κ3) is 4.70. The smallest absolute Gasteiger partial charge is 0.309 e. The third-order valence-corrected chi connectivity index (χ3v) is 4.15. The van der Waals surface area contributed by atoms with Crippen LogP contribution in [0.1, 0.15) is 26.3 Å². The number of carboxylic acid groups (broad SMARTS) is 1. The summed E-state index contributed by atoms with van der Waals surface area (Å²) >= 11 is 1.59. The molecule has 0 atom stereocenters. The van der Waals surface area contributed by atoms with E-state index in [9.17, 15) is 4.79 Å². The van der Waals surface area contributed by atoms with Crippen molar-refractivity contribution < 1.29 is 9.90 Å². The molecule has 0 radical (unpaired) electrons. The van der Waals surface area contributed by atoms with Gasteiger partial charge in [-0.3, -0.25) is 4.79 Å². The predicted molar refractivity (Wildman–Crippen MR) is 76.0 cm³/mol. The van der Waals surface area contributed by atoms with Gasteiger partial charge in [0.2, 0.25) is 0 Å². The molecule has 0 heterocycles. The molecule has 0 aliphatic heterocycles. The van der Waals surface area contributed by atoms with E-state index in [1.165, 1.54) is 5.56 Å². The maximum atomic E-state index is 11.0. The molecule has 2 N–H and O–H groups in total. The van der Waals surface area contributed by atoms with Gasteiger partial charge in [0.15, 0.2) is 0 Å². The average Bonchev–Trinajstić information content (AvgIpc) is 2.35. The van der Waals surface area contributed by atoms with Crippen LogP contribution in [0.2, 0.25) is 0 Å². The Bertz CT molecular complexity index is 387. The molecule has 0 spiro atoms. The molecule has 1 aromatic rings. The standard InChI is InChI=1S/C14H21NO2S/c1-4-15-9-11-5-7-12(8-6-11)18-10-14(2,3)13(16)17/h5-8,15H,4,9-10H2,1-3H3,(H,16,17). The van der Waals surface area contributed by atoms with Crippen molar-refractivity contribution in [3.63, 3.8) is 0 Å². The van der Waals surface area contributed by atoms with E-state index in [-0.39, 0.29) is 0 Å². The van der Waals surface area contributed by atoms with Gasteiger partial charge in [-0.1, -0.05) is 19.1 Å². The minimum atomic E-state index is -0.751. The fraction of sp³-hybridized carbons (Fsp3) is 0.500. The topological polar surface area (TPSA) is 49.3 Å². The number of hydrogen-bond acceptors (Lipinski definition) is 3. The molecule has 0 amide bonds. The lowest BCUT2D eigenvalue weighted by molar-refractivity contribution is -0.145. The Kier molecular flexibility index (Phi) is 5.69. The number of nitrogens with one attached hydrogen (secondary N) is 1. The number of carbonyl (C=O) groups is 1. The van der Waals surface area contributed by atoms with Gasteiger partial charge in [0, 0.05) is 17.2 Å². The van der Waals surface area contributed by atoms with Crippen molar-refractivity contribution in [2.45, 2.75) is 32.2 Å². The summed E-state index contributed by atoms with van der Waals surface area (Å²) in [6, 6.07) is 8.27. The first kappa shape index (κ1) is 15.1. The van der Waals surface area contributed by atoms with E-state index >= 15 is 0 Å². The molecule has 3 nitrogen and oxygen atoms in total. The Morgan fingerprint density at radius 3 is 2.44 bits per heavy atom. The van der Waals surface area contributed by atoms with E-state index in [1.54, 1.807) is 25.6 Å². The molecule has 100 valence electrons. The van der Waals surface area contributed by atoms with Gasteiger partial charge in [-0.15, -0.1) is 11.8 Å². The van der Waals surface area contributed by atoms with Crippen LogP contribution in [-0.2, 0) is 11.3 Å². The molecule has 0 saturated carbocycles. The fourth-order valence-electron chi connectivity index (χ4n) is 1.30. The summed E-state index contributed by atoms with van der Waals surface area (Å²) < 4.78 is 0. The third-order valence-electron chi connectivity index (χ3n) is 2.68. The minimum absolute atomic E-state index is 0.578. The highest BCUT2D eigenvalue weighted by atomic mass is 32.2. The van der Waals surface area contributed by atoms with E-state index in [2.05, 4.69) is 36.5 Å². The molecule has 18 heavy (non-hydrogen) atoms. The molecule has 1 aromatic carbocycles. The van der Waals surface area contributed by atoms with Crippen LogP contribution in [0, 0.1) is 5.41 Å². The highest BCUT2D eigenvalue weighted by molar-refractivity contribution is 7.99. The van der Waals surface area contributed by atoms with Crippen LogP contribution in [0.25, 0.3) is 0 Å². The predicted octanol–water partition coefficient (Wildman–Crippen LogP) is 3.00. The highest BCUT2D eigenvalue weighted by Gasteiger charge is 2.26. The number of thioether (sulfide) groups is 1. The normalized spacial score (nSPS) is 11.5. The molecule has 0 aromatic heterocycles.